The van der Waals surface area contributed by atoms with Gasteiger partial charge in [-0.1, -0.05) is 18.2 Å². The Balaban J connectivity index is 1.82. The predicted octanol–water partition coefficient (Wildman–Crippen LogP) is 3.39. The highest BCUT2D eigenvalue weighted by atomic mass is 32.2. The molecule has 0 radical (unpaired) electrons. The molecule has 0 saturated heterocycles. The summed E-state index contributed by atoms with van der Waals surface area (Å²) in [6.45, 7) is 0.658. The number of nitrogens with two attached hydrogens (primary N) is 1. The molecule has 0 saturated carbocycles. The van der Waals surface area contributed by atoms with Crippen LogP contribution in [0.1, 0.15) is 12.8 Å². The molecular weight excluding hydrogens is 362 g/mol. The highest BCUT2D eigenvalue weighted by molar-refractivity contribution is 7.89. The third kappa shape index (κ3) is 5.18. The van der Waals surface area contributed by atoms with Gasteiger partial charge in [0, 0.05) is 23.2 Å². The van der Waals surface area contributed by atoms with E-state index in [0.717, 1.165) is 33.6 Å². The van der Waals surface area contributed by atoms with Crippen LogP contribution in [0.5, 0.6) is 5.75 Å². The molecular formula is C20H23N3O3S. The zero-order valence-electron chi connectivity index (χ0n) is 15.2. The number of sulfonamides is 1. The van der Waals surface area contributed by atoms with E-state index in [9.17, 15) is 8.42 Å². The van der Waals surface area contributed by atoms with Crippen molar-refractivity contribution in [3.8, 4) is 17.0 Å². The number of pyridine rings is 1. The summed E-state index contributed by atoms with van der Waals surface area (Å²) in [5.41, 5.74) is 3.74. The lowest BCUT2D eigenvalue weighted by Gasteiger charge is -2.12. The van der Waals surface area contributed by atoms with Crippen LogP contribution in [0, 0.1) is 0 Å². The number of nitrogens with one attached hydrogen (secondary N) is 1. The van der Waals surface area contributed by atoms with Crippen molar-refractivity contribution in [2.75, 3.05) is 24.7 Å². The molecule has 0 atom stereocenters. The van der Waals surface area contributed by atoms with Gasteiger partial charge >= 0.3 is 0 Å². The lowest BCUT2D eigenvalue weighted by atomic mass is 10.1. The third-order valence-electron chi connectivity index (χ3n) is 4.27. The maximum atomic E-state index is 11.0. The summed E-state index contributed by atoms with van der Waals surface area (Å²) in [6, 6.07) is 17.7. The minimum atomic E-state index is -3.40. The van der Waals surface area contributed by atoms with Crippen molar-refractivity contribution in [2.24, 2.45) is 5.14 Å². The van der Waals surface area contributed by atoms with Crippen LogP contribution >= 0.6 is 0 Å². The summed E-state index contributed by atoms with van der Waals surface area (Å²) < 4.78 is 27.3. The number of nitrogens with zero attached hydrogens (tertiary/aromatic N) is 1. The summed E-state index contributed by atoms with van der Waals surface area (Å²) in [7, 11) is -1.76. The summed E-state index contributed by atoms with van der Waals surface area (Å²) in [5.74, 6) is 0.802. The molecule has 3 aromatic rings. The SMILES string of the molecule is COc1ccc(-c2cc(NCCCCS(N)(=O)=O)c3ccccc3n2)cc1. The van der Waals surface area contributed by atoms with Crippen molar-refractivity contribution in [1.29, 1.82) is 0 Å². The van der Waals surface area contributed by atoms with Gasteiger partial charge in [-0.3, -0.25) is 0 Å². The number of benzene rings is 2. The number of primary sulfonamides is 1. The minimum Gasteiger partial charge on any atom is -0.497 e. The average molecular weight is 385 g/mol. The van der Waals surface area contributed by atoms with Crippen LogP contribution < -0.4 is 15.2 Å². The molecule has 0 bridgehead atoms. The summed E-state index contributed by atoms with van der Waals surface area (Å²) >= 11 is 0. The first kappa shape index (κ1) is 19.1. The summed E-state index contributed by atoms with van der Waals surface area (Å²) in [5, 5.41) is 9.48. The van der Waals surface area contributed by atoms with Crippen molar-refractivity contribution in [2.45, 2.75) is 12.8 Å². The summed E-state index contributed by atoms with van der Waals surface area (Å²) in [6.07, 6.45) is 1.24. The fourth-order valence-corrected chi connectivity index (χ4v) is 3.49. The molecule has 0 fully saturated rings. The Hall–Kier alpha value is -2.64. The van der Waals surface area contributed by atoms with Gasteiger partial charge in [-0.25, -0.2) is 18.5 Å². The lowest BCUT2D eigenvalue weighted by Crippen LogP contribution is -2.17. The van der Waals surface area contributed by atoms with Gasteiger partial charge in [-0.2, -0.15) is 0 Å². The van der Waals surface area contributed by atoms with Gasteiger partial charge in [0.15, 0.2) is 0 Å². The number of aromatic nitrogens is 1. The number of unbranched alkanes of at least 4 members (excludes halogenated alkanes) is 1. The maximum Gasteiger partial charge on any atom is 0.209 e. The standard InChI is InChI=1S/C20H23N3O3S/c1-26-16-10-8-15(9-11-16)19-14-20(17-6-2-3-7-18(17)23-19)22-12-4-5-13-27(21,24)25/h2-3,6-11,14H,4-5,12-13H2,1H3,(H,22,23)(H2,21,24,25). The topological polar surface area (TPSA) is 94.3 Å². The highest BCUT2D eigenvalue weighted by Gasteiger charge is 2.08. The lowest BCUT2D eigenvalue weighted by molar-refractivity contribution is 0.415. The van der Waals surface area contributed by atoms with E-state index in [-0.39, 0.29) is 5.75 Å². The largest absolute Gasteiger partial charge is 0.497 e. The first-order chi connectivity index (χ1) is 13.0. The number of hydrogen-bond acceptors (Lipinski definition) is 5. The second-order valence-corrected chi connectivity index (χ2v) is 8.04. The van der Waals surface area contributed by atoms with E-state index in [1.807, 2.05) is 54.6 Å². The van der Waals surface area contributed by atoms with Gasteiger partial charge in [-0.05, 0) is 49.2 Å². The molecule has 0 aliphatic carbocycles. The zero-order chi connectivity index (χ0) is 19.3. The fourth-order valence-electron chi connectivity index (χ4n) is 2.88. The van der Waals surface area contributed by atoms with Crippen molar-refractivity contribution in [3.63, 3.8) is 0 Å². The first-order valence-electron chi connectivity index (χ1n) is 8.75. The molecule has 1 aromatic heterocycles. The van der Waals surface area contributed by atoms with Crippen LogP contribution in [0.4, 0.5) is 5.69 Å². The van der Waals surface area contributed by atoms with Crippen LogP contribution in [0.25, 0.3) is 22.2 Å². The molecule has 27 heavy (non-hydrogen) atoms. The van der Waals surface area contributed by atoms with E-state index in [0.29, 0.717) is 19.4 Å². The van der Waals surface area contributed by atoms with Crippen molar-refractivity contribution in [3.05, 3.63) is 54.6 Å². The van der Waals surface area contributed by atoms with Crippen molar-refractivity contribution < 1.29 is 13.2 Å². The Bertz CT molecular complexity index is 1020. The van der Waals surface area contributed by atoms with Crippen LogP contribution in [-0.2, 0) is 10.0 Å². The normalized spacial score (nSPS) is 11.5. The number of ether oxygens (including phenoxy) is 1. The molecule has 0 spiro atoms. The minimum absolute atomic E-state index is 0.00285. The second-order valence-electron chi connectivity index (χ2n) is 6.30. The maximum absolute atomic E-state index is 11.0. The number of methoxy groups -OCH3 is 1. The van der Waals surface area contributed by atoms with E-state index >= 15 is 0 Å². The highest BCUT2D eigenvalue weighted by Crippen LogP contribution is 2.29. The molecule has 142 valence electrons. The van der Waals surface area contributed by atoms with Crippen LogP contribution in [0.3, 0.4) is 0 Å². The van der Waals surface area contributed by atoms with Crippen LogP contribution in [0.2, 0.25) is 0 Å². The number of hydrogen-bond donors (Lipinski definition) is 2. The number of rotatable bonds is 8. The van der Waals surface area contributed by atoms with Crippen molar-refractivity contribution >= 4 is 26.6 Å². The second kappa shape index (κ2) is 8.37. The van der Waals surface area contributed by atoms with Gasteiger partial charge in [0.05, 0.1) is 24.1 Å². The number of fused-ring (bicyclic) bond motifs is 1. The number of para-hydroxylation sites is 1. The Morgan fingerprint density at radius 3 is 2.52 bits per heavy atom. The van der Waals surface area contributed by atoms with Gasteiger partial charge in [-0.15, -0.1) is 0 Å². The molecule has 2 aromatic carbocycles. The monoisotopic (exact) mass is 385 g/mol. The van der Waals surface area contributed by atoms with Crippen LogP contribution in [0.15, 0.2) is 54.6 Å². The fraction of sp³-hybridized carbons (Fsp3) is 0.250. The van der Waals surface area contributed by atoms with E-state index in [1.54, 1.807) is 7.11 Å². The smallest absolute Gasteiger partial charge is 0.209 e. The third-order valence-corrected chi connectivity index (χ3v) is 5.13. The van der Waals surface area contributed by atoms with Gasteiger partial charge in [0.2, 0.25) is 10.0 Å². The molecule has 0 aliphatic heterocycles. The summed E-state index contributed by atoms with van der Waals surface area (Å²) in [4.78, 5) is 4.76. The molecule has 0 unspecified atom stereocenters. The van der Waals surface area contributed by atoms with Crippen LogP contribution in [-0.4, -0.2) is 32.8 Å². The molecule has 6 nitrogen and oxygen atoms in total. The van der Waals surface area contributed by atoms with Gasteiger partial charge < -0.3 is 10.1 Å². The zero-order valence-corrected chi connectivity index (χ0v) is 16.0. The van der Waals surface area contributed by atoms with E-state index in [2.05, 4.69) is 5.32 Å². The molecule has 1 heterocycles. The Morgan fingerprint density at radius 2 is 1.81 bits per heavy atom. The average Bonchev–Trinajstić information content (AvgIpc) is 2.66. The van der Waals surface area contributed by atoms with E-state index < -0.39 is 10.0 Å². The quantitative estimate of drug-likeness (QED) is 0.580. The number of anilines is 1. The predicted molar refractivity (Wildman–Crippen MR) is 109 cm³/mol. The van der Waals surface area contributed by atoms with Crippen molar-refractivity contribution in [1.82, 2.24) is 4.98 Å². The Kier molecular flexibility index (Phi) is 5.93. The van der Waals surface area contributed by atoms with Gasteiger partial charge in [0.25, 0.3) is 0 Å². The van der Waals surface area contributed by atoms with Gasteiger partial charge in [0.1, 0.15) is 5.75 Å². The first-order valence-corrected chi connectivity index (χ1v) is 10.5. The molecule has 3 rings (SSSR count). The molecule has 7 heteroatoms. The molecule has 0 aliphatic rings. The molecule has 0 amide bonds. The Labute approximate surface area is 159 Å². The van der Waals surface area contributed by atoms with E-state index in [1.165, 1.54) is 0 Å². The molecule has 3 N–H and O–H groups in total. The Morgan fingerprint density at radius 1 is 1.07 bits per heavy atom. The van der Waals surface area contributed by atoms with E-state index in [4.69, 9.17) is 14.9 Å².